The molecule has 0 radical (unpaired) electrons. The quantitative estimate of drug-likeness (QED) is 0.871. The third-order valence-electron chi connectivity index (χ3n) is 2.84. The van der Waals surface area contributed by atoms with Gasteiger partial charge in [0.15, 0.2) is 0 Å². The van der Waals surface area contributed by atoms with Gasteiger partial charge in [0.05, 0.1) is 31.1 Å². The summed E-state index contributed by atoms with van der Waals surface area (Å²) in [6.45, 7) is 2.01. The Morgan fingerprint density at radius 1 is 1.38 bits per heavy atom. The second kappa shape index (κ2) is 7.66. The third-order valence-corrected chi connectivity index (χ3v) is 2.84. The molecule has 0 saturated carbocycles. The van der Waals surface area contributed by atoms with Gasteiger partial charge in [-0.1, -0.05) is 0 Å². The maximum atomic E-state index is 11.4. The van der Waals surface area contributed by atoms with Crippen molar-refractivity contribution in [1.82, 2.24) is 15.1 Å². The van der Waals surface area contributed by atoms with Crippen molar-refractivity contribution in [3.05, 3.63) is 42.2 Å². The second-order valence-electron chi connectivity index (χ2n) is 4.46. The van der Waals surface area contributed by atoms with Crippen molar-refractivity contribution in [1.29, 1.82) is 0 Å². The van der Waals surface area contributed by atoms with Gasteiger partial charge in [0.1, 0.15) is 5.75 Å². The SMILES string of the molecule is COc1ccc(-n2ccc(CNC(=O)[C@H](C)N)n2)cc1.Cl. The van der Waals surface area contributed by atoms with Crippen molar-refractivity contribution in [2.75, 3.05) is 7.11 Å². The summed E-state index contributed by atoms with van der Waals surface area (Å²) in [7, 11) is 1.63. The summed E-state index contributed by atoms with van der Waals surface area (Å²) in [5.74, 6) is 0.606. The molecule has 0 aliphatic rings. The van der Waals surface area contributed by atoms with Crippen LogP contribution in [0.5, 0.6) is 5.75 Å². The maximum Gasteiger partial charge on any atom is 0.236 e. The Labute approximate surface area is 129 Å². The van der Waals surface area contributed by atoms with Gasteiger partial charge in [-0.25, -0.2) is 4.68 Å². The van der Waals surface area contributed by atoms with E-state index in [2.05, 4.69) is 10.4 Å². The van der Waals surface area contributed by atoms with E-state index in [0.29, 0.717) is 6.54 Å². The van der Waals surface area contributed by atoms with Crippen LogP contribution in [0, 0.1) is 0 Å². The Morgan fingerprint density at radius 3 is 2.62 bits per heavy atom. The van der Waals surface area contributed by atoms with E-state index in [9.17, 15) is 4.79 Å². The molecule has 0 aliphatic heterocycles. The summed E-state index contributed by atoms with van der Waals surface area (Å²) in [5.41, 5.74) is 7.17. The normalized spacial score (nSPS) is 11.4. The lowest BCUT2D eigenvalue weighted by atomic mass is 10.3. The first-order valence-corrected chi connectivity index (χ1v) is 6.32. The zero-order chi connectivity index (χ0) is 14.5. The molecule has 114 valence electrons. The first-order chi connectivity index (χ1) is 9.60. The predicted octanol–water partition coefficient (Wildman–Crippen LogP) is 1.27. The molecular weight excluding hydrogens is 292 g/mol. The smallest absolute Gasteiger partial charge is 0.236 e. The number of nitrogens with two attached hydrogens (primary N) is 1. The van der Waals surface area contributed by atoms with Crippen molar-refractivity contribution in [3.63, 3.8) is 0 Å². The predicted molar refractivity (Wildman–Crippen MR) is 82.9 cm³/mol. The van der Waals surface area contributed by atoms with Gasteiger partial charge in [0.25, 0.3) is 0 Å². The van der Waals surface area contributed by atoms with Crippen LogP contribution in [0.2, 0.25) is 0 Å². The minimum atomic E-state index is -0.515. The Morgan fingerprint density at radius 2 is 2.05 bits per heavy atom. The van der Waals surface area contributed by atoms with Crippen LogP contribution < -0.4 is 15.8 Å². The molecule has 2 aromatic rings. The van der Waals surface area contributed by atoms with Gasteiger partial charge in [-0.05, 0) is 37.3 Å². The van der Waals surface area contributed by atoms with Crippen LogP contribution in [0.4, 0.5) is 0 Å². The molecular formula is C14H19ClN4O2. The second-order valence-corrected chi connectivity index (χ2v) is 4.46. The lowest BCUT2D eigenvalue weighted by Gasteiger charge is -2.06. The summed E-state index contributed by atoms with van der Waals surface area (Å²) in [6.07, 6.45) is 1.84. The van der Waals surface area contributed by atoms with Crippen LogP contribution in [0.25, 0.3) is 5.69 Å². The standard InChI is InChI=1S/C14H18N4O2.ClH/c1-10(15)14(19)16-9-11-7-8-18(17-11)12-3-5-13(20-2)6-4-12;/h3-8,10H,9,15H2,1-2H3,(H,16,19);1H/t10-;/m0./s1. The molecule has 1 heterocycles. The highest BCUT2D eigenvalue weighted by Crippen LogP contribution is 2.14. The number of nitrogens with zero attached hydrogens (tertiary/aromatic N) is 2. The number of hydrogen-bond donors (Lipinski definition) is 2. The number of hydrogen-bond acceptors (Lipinski definition) is 4. The van der Waals surface area contributed by atoms with Gasteiger partial charge in [0.2, 0.25) is 5.91 Å². The number of halogens is 1. The molecule has 1 amide bonds. The van der Waals surface area contributed by atoms with Crippen molar-refractivity contribution in [2.24, 2.45) is 5.73 Å². The number of benzene rings is 1. The van der Waals surface area contributed by atoms with Crippen LogP contribution in [0.3, 0.4) is 0 Å². The molecule has 0 spiro atoms. The van der Waals surface area contributed by atoms with E-state index < -0.39 is 6.04 Å². The Kier molecular flexibility index (Phi) is 6.20. The molecule has 0 unspecified atom stereocenters. The Bertz CT molecular complexity index is 581. The molecule has 1 aromatic heterocycles. The highest BCUT2D eigenvalue weighted by molar-refractivity contribution is 5.85. The van der Waals surface area contributed by atoms with E-state index in [1.54, 1.807) is 18.7 Å². The van der Waals surface area contributed by atoms with Crippen molar-refractivity contribution < 1.29 is 9.53 Å². The molecule has 21 heavy (non-hydrogen) atoms. The summed E-state index contributed by atoms with van der Waals surface area (Å²) in [6, 6.07) is 8.90. The number of ether oxygens (including phenoxy) is 1. The summed E-state index contributed by atoms with van der Waals surface area (Å²) in [4.78, 5) is 11.4. The topological polar surface area (TPSA) is 82.2 Å². The van der Waals surface area contributed by atoms with E-state index in [-0.39, 0.29) is 18.3 Å². The van der Waals surface area contributed by atoms with Crippen LogP contribution in [0.15, 0.2) is 36.5 Å². The molecule has 7 heteroatoms. The highest BCUT2D eigenvalue weighted by atomic mass is 35.5. The lowest BCUT2D eigenvalue weighted by molar-refractivity contribution is -0.122. The number of aromatic nitrogens is 2. The van der Waals surface area contributed by atoms with Gasteiger partial charge < -0.3 is 15.8 Å². The van der Waals surface area contributed by atoms with E-state index in [1.165, 1.54) is 0 Å². The number of methoxy groups -OCH3 is 1. The van der Waals surface area contributed by atoms with E-state index in [4.69, 9.17) is 10.5 Å². The van der Waals surface area contributed by atoms with Crippen molar-refractivity contribution in [2.45, 2.75) is 19.5 Å². The molecule has 6 nitrogen and oxygen atoms in total. The molecule has 1 atom stereocenters. The van der Waals surface area contributed by atoms with Crippen molar-refractivity contribution in [3.8, 4) is 11.4 Å². The number of carbonyl (C=O) groups is 1. The Balaban J connectivity index is 0.00000220. The summed E-state index contributed by atoms with van der Waals surface area (Å²) in [5, 5.41) is 7.11. The fourth-order valence-electron chi connectivity index (χ4n) is 1.67. The van der Waals surface area contributed by atoms with Gasteiger partial charge >= 0.3 is 0 Å². The maximum absolute atomic E-state index is 11.4. The molecule has 1 aromatic carbocycles. The molecule has 2 rings (SSSR count). The van der Waals surface area contributed by atoms with Crippen LogP contribution >= 0.6 is 12.4 Å². The first-order valence-electron chi connectivity index (χ1n) is 6.32. The third kappa shape index (κ3) is 4.47. The zero-order valence-corrected chi connectivity index (χ0v) is 12.8. The van der Waals surface area contributed by atoms with Crippen molar-refractivity contribution >= 4 is 18.3 Å². The number of carbonyl (C=O) groups excluding carboxylic acids is 1. The van der Waals surface area contributed by atoms with Gasteiger partial charge in [-0.2, -0.15) is 5.10 Å². The van der Waals surface area contributed by atoms with Gasteiger partial charge in [-0.3, -0.25) is 4.79 Å². The Hall–Kier alpha value is -2.05. The number of rotatable bonds is 5. The molecule has 0 fully saturated rings. The van der Waals surface area contributed by atoms with E-state index >= 15 is 0 Å². The number of amides is 1. The van der Waals surface area contributed by atoms with E-state index in [1.807, 2.05) is 36.5 Å². The van der Waals surface area contributed by atoms with E-state index in [0.717, 1.165) is 17.1 Å². The van der Waals surface area contributed by atoms with Gasteiger partial charge in [0, 0.05) is 6.20 Å². The monoisotopic (exact) mass is 310 g/mol. The molecule has 0 saturated heterocycles. The minimum Gasteiger partial charge on any atom is -0.497 e. The average Bonchev–Trinajstić information content (AvgIpc) is 2.93. The summed E-state index contributed by atoms with van der Waals surface area (Å²) < 4.78 is 6.85. The fraction of sp³-hybridized carbons (Fsp3) is 0.286. The molecule has 0 bridgehead atoms. The summed E-state index contributed by atoms with van der Waals surface area (Å²) >= 11 is 0. The van der Waals surface area contributed by atoms with Crippen LogP contribution in [-0.2, 0) is 11.3 Å². The van der Waals surface area contributed by atoms with Crippen LogP contribution in [-0.4, -0.2) is 28.8 Å². The van der Waals surface area contributed by atoms with Crippen LogP contribution in [0.1, 0.15) is 12.6 Å². The molecule has 3 N–H and O–H groups in total. The number of nitrogens with one attached hydrogen (secondary N) is 1. The van der Waals surface area contributed by atoms with Gasteiger partial charge in [-0.15, -0.1) is 12.4 Å². The lowest BCUT2D eigenvalue weighted by Crippen LogP contribution is -2.37. The average molecular weight is 311 g/mol. The highest BCUT2D eigenvalue weighted by Gasteiger charge is 2.08. The zero-order valence-electron chi connectivity index (χ0n) is 11.9. The minimum absolute atomic E-state index is 0. The first kappa shape index (κ1) is 17.0. The largest absolute Gasteiger partial charge is 0.497 e. The fourth-order valence-corrected chi connectivity index (χ4v) is 1.67. The molecule has 0 aliphatic carbocycles.